The third-order valence-electron chi connectivity index (χ3n) is 5.11. The van der Waals surface area contributed by atoms with E-state index in [-0.39, 0.29) is 24.2 Å². The summed E-state index contributed by atoms with van der Waals surface area (Å²) in [5.74, 6) is 0.0401. The van der Waals surface area contributed by atoms with Crippen LogP contribution in [0.3, 0.4) is 0 Å². The molecule has 4 heteroatoms. The fourth-order valence-corrected chi connectivity index (χ4v) is 3.74. The highest BCUT2D eigenvalue weighted by Gasteiger charge is 2.21. The number of nitrogens with zero attached hydrogens (tertiary/aromatic N) is 1. The van der Waals surface area contributed by atoms with Crippen LogP contribution in [0.15, 0.2) is 48.5 Å². The van der Waals surface area contributed by atoms with E-state index < -0.39 is 0 Å². The van der Waals surface area contributed by atoms with Gasteiger partial charge < -0.3 is 9.84 Å². The second kappa shape index (κ2) is 10.3. The van der Waals surface area contributed by atoms with Gasteiger partial charge in [-0.1, -0.05) is 36.4 Å². The quantitative estimate of drug-likeness (QED) is 0.612. The Hall–Kier alpha value is -2.33. The van der Waals surface area contributed by atoms with Crippen LogP contribution < -0.4 is 0 Å². The fraction of sp³-hybridized carbons (Fsp3) is 0.458. The van der Waals surface area contributed by atoms with Crippen LogP contribution in [0.25, 0.3) is 0 Å². The van der Waals surface area contributed by atoms with E-state index >= 15 is 0 Å². The van der Waals surface area contributed by atoms with Crippen LogP contribution in [-0.2, 0) is 16.1 Å². The number of carbonyl (C=O) groups is 1. The largest absolute Gasteiger partial charge is 0.508 e. The third-order valence-corrected chi connectivity index (χ3v) is 5.11. The van der Waals surface area contributed by atoms with Crippen molar-refractivity contribution in [1.82, 2.24) is 4.90 Å². The van der Waals surface area contributed by atoms with E-state index in [2.05, 4.69) is 44.7 Å². The van der Waals surface area contributed by atoms with Crippen molar-refractivity contribution in [3.8, 4) is 5.75 Å². The first-order valence-corrected chi connectivity index (χ1v) is 10.1. The molecule has 0 saturated heterocycles. The van der Waals surface area contributed by atoms with Crippen molar-refractivity contribution in [2.45, 2.75) is 65.6 Å². The molecule has 2 aromatic rings. The van der Waals surface area contributed by atoms with Gasteiger partial charge in [0.05, 0.1) is 0 Å². The topological polar surface area (TPSA) is 49.8 Å². The monoisotopic (exact) mass is 383 g/mol. The zero-order valence-electron chi connectivity index (χ0n) is 17.7. The van der Waals surface area contributed by atoms with Crippen LogP contribution in [0.4, 0.5) is 0 Å². The van der Waals surface area contributed by atoms with E-state index in [0.717, 1.165) is 24.1 Å². The van der Waals surface area contributed by atoms with Gasteiger partial charge >= 0.3 is 5.97 Å². The predicted octanol–water partition coefficient (Wildman–Crippen LogP) is 5.10. The van der Waals surface area contributed by atoms with Crippen LogP contribution in [0, 0.1) is 0 Å². The summed E-state index contributed by atoms with van der Waals surface area (Å²) in [4.78, 5) is 13.6. The highest BCUT2D eigenvalue weighted by molar-refractivity contribution is 5.66. The van der Waals surface area contributed by atoms with Crippen molar-refractivity contribution in [2.24, 2.45) is 0 Å². The molecule has 152 valence electrons. The molecule has 2 aromatic carbocycles. The molecule has 1 atom stereocenters. The van der Waals surface area contributed by atoms with Crippen LogP contribution in [0.5, 0.6) is 5.75 Å². The molecule has 0 amide bonds. The van der Waals surface area contributed by atoms with E-state index in [9.17, 15) is 9.90 Å². The number of hydrogen-bond acceptors (Lipinski definition) is 4. The normalized spacial score (nSPS) is 12.6. The summed E-state index contributed by atoms with van der Waals surface area (Å²) in [6.45, 7) is 11.4. The van der Waals surface area contributed by atoms with Gasteiger partial charge in [0.1, 0.15) is 12.4 Å². The van der Waals surface area contributed by atoms with E-state index in [1.54, 1.807) is 12.1 Å². The van der Waals surface area contributed by atoms with E-state index in [1.807, 2.05) is 24.3 Å². The van der Waals surface area contributed by atoms with Crippen molar-refractivity contribution in [1.29, 1.82) is 0 Å². The molecular weight excluding hydrogens is 350 g/mol. The maximum absolute atomic E-state index is 11.2. The number of carbonyl (C=O) groups excluding carboxylic acids is 1. The summed E-state index contributed by atoms with van der Waals surface area (Å²) in [6.07, 6.45) is 0.894. The Morgan fingerprint density at radius 3 is 2.25 bits per heavy atom. The van der Waals surface area contributed by atoms with Crippen LogP contribution in [0.1, 0.15) is 63.6 Å². The average Bonchev–Trinajstić information content (AvgIpc) is 2.65. The number of esters is 1. The Morgan fingerprint density at radius 1 is 1.04 bits per heavy atom. The number of phenols is 1. The summed E-state index contributed by atoms with van der Waals surface area (Å²) in [5.41, 5.74) is 2.94. The van der Waals surface area contributed by atoms with Gasteiger partial charge in [-0.15, -0.1) is 0 Å². The molecule has 0 aliphatic rings. The van der Waals surface area contributed by atoms with Crippen LogP contribution in [0.2, 0.25) is 0 Å². The highest BCUT2D eigenvalue weighted by Crippen LogP contribution is 2.35. The summed E-state index contributed by atoms with van der Waals surface area (Å²) in [7, 11) is 0. The van der Waals surface area contributed by atoms with Gasteiger partial charge in [0.25, 0.3) is 0 Å². The number of aromatic hydroxyl groups is 1. The number of hydrogen-bond donors (Lipinski definition) is 1. The van der Waals surface area contributed by atoms with Crippen LogP contribution in [-0.4, -0.2) is 34.6 Å². The van der Waals surface area contributed by atoms with E-state index in [4.69, 9.17) is 4.74 Å². The predicted molar refractivity (Wildman–Crippen MR) is 113 cm³/mol. The smallest absolute Gasteiger partial charge is 0.302 e. The average molecular weight is 384 g/mol. The summed E-state index contributed by atoms with van der Waals surface area (Å²) in [5, 5.41) is 10.6. The zero-order valence-corrected chi connectivity index (χ0v) is 17.7. The van der Waals surface area contributed by atoms with Crippen LogP contribution >= 0.6 is 0 Å². The number of rotatable bonds is 9. The van der Waals surface area contributed by atoms with Gasteiger partial charge in [-0.2, -0.15) is 0 Å². The summed E-state index contributed by atoms with van der Waals surface area (Å²) >= 11 is 0. The first kappa shape index (κ1) is 22.0. The van der Waals surface area contributed by atoms with Crippen molar-refractivity contribution in [2.75, 3.05) is 6.54 Å². The molecule has 0 radical (unpaired) electrons. The Kier molecular flexibility index (Phi) is 8.06. The van der Waals surface area contributed by atoms with Gasteiger partial charge in [0, 0.05) is 30.5 Å². The second-order valence-corrected chi connectivity index (χ2v) is 7.85. The molecule has 0 aliphatic carbocycles. The first-order chi connectivity index (χ1) is 13.3. The Balaban J connectivity index is 2.34. The molecule has 1 N–H and O–H groups in total. The maximum Gasteiger partial charge on any atom is 0.302 e. The molecule has 0 saturated carbocycles. The van der Waals surface area contributed by atoms with Crippen molar-refractivity contribution in [3.05, 3.63) is 65.2 Å². The second-order valence-electron chi connectivity index (χ2n) is 7.85. The van der Waals surface area contributed by atoms with Crippen molar-refractivity contribution in [3.63, 3.8) is 0 Å². The number of phenolic OH excluding ortho intramolecular Hbond substituents is 1. The molecule has 0 unspecified atom stereocenters. The van der Waals surface area contributed by atoms with Crippen molar-refractivity contribution >= 4 is 5.97 Å². The lowest BCUT2D eigenvalue weighted by Gasteiger charge is -2.32. The van der Waals surface area contributed by atoms with E-state index in [1.165, 1.54) is 12.5 Å². The van der Waals surface area contributed by atoms with Gasteiger partial charge in [-0.3, -0.25) is 9.69 Å². The SMILES string of the molecule is CC(=O)OCc1ccc(O)c([C@H](CCN(C(C)C)C(C)C)c2ccccc2)c1. The van der Waals surface area contributed by atoms with Gasteiger partial charge in [0.15, 0.2) is 0 Å². The number of ether oxygens (including phenoxy) is 1. The Morgan fingerprint density at radius 2 is 1.68 bits per heavy atom. The molecule has 0 aromatic heterocycles. The molecule has 0 fully saturated rings. The minimum Gasteiger partial charge on any atom is -0.508 e. The van der Waals surface area contributed by atoms with Gasteiger partial charge in [0.2, 0.25) is 0 Å². The minimum absolute atomic E-state index is 0.0680. The Bertz CT molecular complexity index is 748. The lowest BCUT2D eigenvalue weighted by molar-refractivity contribution is -0.142. The lowest BCUT2D eigenvalue weighted by Crippen LogP contribution is -2.38. The number of benzene rings is 2. The summed E-state index contributed by atoms with van der Waals surface area (Å²) < 4.78 is 5.14. The maximum atomic E-state index is 11.2. The molecule has 2 rings (SSSR count). The summed E-state index contributed by atoms with van der Waals surface area (Å²) in [6, 6.07) is 16.7. The molecule has 0 aliphatic heterocycles. The molecule has 28 heavy (non-hydrogen) atoms. The van der Waals surface area contributed by atoms with Crippen molar-refractivity contribution < 1.29 is 14.6 Å². The standard InChI is InChI=1S/C24H33NO3/c1-17(2)25(18(3)4)14-13-22(21-9-7-6-8-10-21)23-15-20(11-12-24(23)27)16-28-19(5)26/h6-12,15,17-18,22,27H,13-14,16H2,1-5H3/t22-/m1/s1. The first-order valence-electron chi connectivity index (χ1n) is 10.1. The lowest BCUT2D eigenvalue weighted by atomic mass is 9.86. The molecule has 4 nitrogen and oxygen atoms in total. The Labute approximate surface area is 169 Å². The highest BCUT2D eigenvalue weighted by atomic mass is 16.5. The minimum atomic E-state index is -0.307. The fourth-order valence-electron chi connectivity index (χ4n) is 3.74. The van der Waals surface area contributed by atoms with Gasteiger partial charge in [-0.25, -0.2) is 0 Å². The molecule has 0 heterocycles. The molecule has 0 bridgehead atoms. The zero-order chi connectivity index (χ0) is 20.7. The van der Waals surface area contributed by atoms with Gasteiger partial charge in [-0.05, 0) is 63.9 Å². The molecule has 0 spiro atoms. The van der Waals surface area contributed by atoms with E-state index in [0.29, 0.717) is 12.1 Å². The third kappa shape index (κ3) is 6.10. The molecular formula is C24H33NO3.